The SMILES string of the molecule is Bc1c(B)c(-c2c(B)c(-c3c(B)c(B)c(B)c(-c4c(B)c(B)c5c(B)c(B)c6c(B)c(B)c(B)c7c(B)c(B)c4c5c67)c3B)c(B)c(-c3c(B)c(B)c4c(B)c(B)c(B)c(B)c4c3B)c2B)c(B)c(-c2c(B)c(B)c3c(B)c(B)c4c(B)c(B)c(B)c5c(B)c(B)c2c3c45)c1B. The maximum absolute atomic E-state index is 2.52. The number of hydrogen-bond donors (Lipinski definition) is 0. The second-order valence-corrected chi connectivity index (χ2v) is 31.5. The van der Waals surface area contributed by atoms with Gasteiger partial charge in [0.05, 0.1) is 0 Å². The van der Waals surface area contributed by atoms with Gasteiger partial charge in [0.1, 0.15) is 282 Å². The Labute approximate surface area is 605 Å². The minimum absolute atomic E-state index is 1.37. The summed E-state index contributed by atoms with van der Waals surface area (Å²) >= 11 is 0. The standard InChI is InChI=1S/C60H72B36/c61-25-15(7-5-1-3-11(37(73)31(5)67)45(81)55(91)47(83)13(3)41(77)39(75)9(1)35(71)33(7)69)49(85)57(93)51(87)21(25)18-27(63)17(20-30(66)23-24(44(80)43(20)79)54(90)60(96)59(95)53(23)89)28(64)19(29(18)65)22-26(62)16(50(86)58(94)52(22)88)8-6-2-4-12(38(74)32(6)68)46(82)56(92)48(84)14(4)42(78)40(76)10(2)36(72)34(8)70/h61-96H2. The Morgan fingerprint density at radius 3 is 0.406 bits per heavy atom. The molecule has 420 valence electrons. The summed E-state index contributed by atoms with van der Waals surface area (Å²) in [4.78, 5) is 0. The first kappa shape index (κ1) is 69.0. The van der Waals surface area contributed by atoms with E-state index in [1.165, 1.54) is 328 Å². The van der Waals surface area contributed by atoms with E-state index in [0.29, 0.717) is 0 Å². The van der Waals surface area contributed by atoms with Crippen molar-refractivity contribution in [1.29, 1.82) is 0 Å². The molecule has 13 rings (SSSR count). The summed E-state index contributed by atoms with van der Waals surface area (Å²) in [5.74, 6) is 0. The van der Waals surface area contributed by atoms with Crippen LogP contribution < -0.4 is 197 Å². The summed E-state index contributed by atoms with van der Waals surface area (Å²) in [5.41, 5.74) is 64.3. The van der Waals surface area contributed by atoms with Crippen LogP contribution in [0.2, 0.25) is 0 Å². The van der Waals surface area contributed by atoms with Crippen LogP contribution in [0.25, 0.3) is 131 Å². The van der Waals surface area contributed by atoms with Crippen molar-refractivity contribution >= 4 is 555 Å². The van der Waals surface area contributed by atoms with Crippen molar-refractivity contribution in [3.63, 3.8) is 0 Å². The van der Waals surface area contributed by atoms with Gasteiger partial charge in [-0.2, -0.15) is 0 Å². The molecule has 13 aromatic carbocycles. The van der Waals surface area contributed by atoms with E-state index in [1.807, 2.05) is 0 Å². The van der Waals surface area contributed by atoms with Gasteiger partial charge in [-0.1, -0.05) is 164 Å². The van der Waals surface area contributed by atoms with E-state index in [-0.39, 0.29) is 0 Å². The van der Waals surface area contributed by atoms with E-state index < -0.39 is 0 Å². The Kier molecular flexibility index (Phi) is 16.6. The van der Waals surface area contributed by atoms with Crippen LogP contribution in [0.15, 0.2) is 0 Å². The fourth-order valence-corrected chi connectivity index (χ4v) is 20.9. The Morgan fingerprint density at radius 2 is 0.167 bits per heavy atom. The lowest BCUT2D eigenvalue weighted by Gasteiger charge is -2.34. The Morgan fingerprint density at radius 1 is 0.0625 bits per heavy atom. The summed E-state index contributed by atoms with van der Waals surface area (Å²) in [5, 5.41) is 20.2. The Hall–Kier alpha value is -5.46. The van der Waals surface area contributed by atoms with E-state index in [9.17, 15) is 0 Å². The summed E-state index contributed by atoms with van der Waals surface area (Å²) in [7, 11) is 87.4. The van der Waals surface area contributed by atoms with Crippen molar-refractivity contribution in [3.05, 3.63) is 0 Å². The predicted octanol–water partition coefficient (Wildman–Crippen LogP) is -45.7. The van der Waals surface area contributed by atoms with Crippen LogP contribution in [0.3, 0.4) is 0 Å². The molecule has 0 aliphatic rings. The predicted molar refractivity (Wildman–Crippen MR) is 553 cm³/mol. The maximum Gasteiger partial charge on any atom is 0.140 e. The molecule has 0 heterocycles. The van der Waals surface area contributed by atoms with E-state index in [2.05, 4.69) is 282 Å². The molecule has 0 aromatic heterocycles. The molecule has 0 amide bonds. The van der Waals surface area contributed by atoms with Crippen LogP contribution in [-0.2, 0) is 0 Å². The van der Waals surface area contributed by atoms with Gasteiger partial charge in [-0.15, -0.1) is 32.8 Å². The molecule has 0 N–H and O–H groups in total. The molecular weight excluding hydrogens is 1110 g/mol. The van der Waals surface area contributed by atoms with Crippen molar-refractivity contribution in [2.24, 2.45) is 0 Å². The average molecular weight is 1180 g/mol. The lowest BCUT2D eigenvalue weighted by Crippen LogP contribution is -2.53. The van der Waals surface area contributed by atoms with Gasteiger partial charge < -0.3 is 0 Å². The second-order valence-electron chi connectivity index (χ2n) is 31.5. The van der Waals surface area contributed by atoms with Gasteiger partial charge in [0, 0.05) is 0 Å². The molecule has 0 saturated carbocycles. The van der Waals surface area contributed by atoms with Gasteiger partial charge >= 0.3 is 0 Å². The summed E-state index contributed by atoms with van der Waals surface area (Å²) in [6, 6.07) is 0. The van der Waals surface area contributed by atoms with Crippen LogP contribution >= 0.6 is 0 Å². The summed E-state index contributed by atoms with van der Waals surface area (Å²) in [6.07, 6.45) is 0. The lowest BCUT2D eigenvalue weighted by atomic mass is 9.53. The zero-order chi connectivity index (χ0) is 70.6. The number of benzene rings is 13. The van der Waals surface area contributed by atoms with E-state index in [4.69, 9.17) is 0 Å². The molecule has 0 unspecified atom stereocenters. The zero-order valence-corrected chi connectivity index (χ0v) is 66.0. The van der Waals surface area contributed by atoms with Crippen molar-refractivity contribution in [1.82, 2.24) is 0 Å². The van der Waals surface area contributed by atoms with Crippen molar-refractivity contribution in [3.8, 4) is 55.6 Å². The van der Waals surface area contributed by atoms with Crippen molar-refractivity contribution < 1.29 is 0 Å². The molecule has 0 bridgehead atoms. The maximum atomic E-state index is 2.52. The van der Waals surface area contributed by atoms with Crippen LogP contribution in [0.1, 0.15) is 0 Å². The smallest absolute Gasteiger partial charge is 0.101 e. The van der Waals surface area contributed by atoms with Gasteiger partial charge in [-0.05, 0) is 131 Å². The highest BCUT2D eigenvalue weighted by Gasteiger charge is 2.34. The third kappa shape index (κ3) is 8.50. The highest BCUT2D eigenvalue weighted by molar-refractivity contribution is 6.81. The van der Waals surface area contributed by atoms with Gasteiger partial charge in [0.2, 0.25) is 0 Å². The Balaban J connectivity index is 1.24. The van der Waals surface area contributed by atoms with Crippen LogP contribution in [0, 0.1) is 0 Å². The molecule has 0 fully saturated rings. The molecular formula is C60H72B36. The first-order valence-electron chi connectivity index (χ1n) is 36.0. The van der Waals surface area contributed by atoms with Gasteiger partial charge in [0.25, 0.3) is 0 Å². The van der Waals surface area contributed by atoms with E-state index in [0.717, 1.165) is 0 Å². The first-order valence-corrected chi connectivity index (χ1v) is 36.0. The quantitative estimate of drug-likeness (QED) is 0.119. The summed E-state index contributed by atoms with van der Waals surface area (Å²) < 4.78 is 0. The first-order chi connectivity index (χ1) is 44.8. The highest BCUT2D eigenvalue weighted by Crippen LogP contribution is 2.36. The molecule has 0 saturated heterocycles. The topological polar surface area (TPSA) is 0 Å². The molecule has 0 nitrogen and oxygen atoms in total. The molecule has 96 heavy (non-hydrogen) atoms. The zero-order valence-electron chi connectivity index (χ0n) is 66.0. The lowest BCUT2D eigenvalue weighted by molar-refractivity contribution is 1.76. The van der Waals surface area contributed by atoms with Gasteiger partial charge in [0.15, 0.2) is 0 Å². The molecule has 36 heteroatoms. The van der Waals surface area contributed by atoms with E-state index >= 15 is 0 Å². The third-order valence-corrected chi connectivity index (χ3v) is 28.1. The minimum atomic E-state index is 1.37. The van der Waals surface area contributed by atoms with E-state index in [1.54, 1.807) is 0 Å². The van der Waals surface area contributed by atoms with Crippen molar-refractivity contribution in [2.45, 2.75) is 0 Å². The second kappa shape index (κ2) is 23.0. The average Bonchev–Trinajstić information content (AvgIpc) is 0.694. The number of rotatable bonds is 5. The minimum Gasteiger partial charge on any atom is -0.101 e. The fourth-order valence-electron chi connectivity index (χ4n) is 20.9. The highest BCUT2D eigenvalue weighted by atomic mass is 14.3. The van der Waals surface area contributed by atoms with Gasteiger partial charge in [-0.3, -0.25) is 0 Å². The van der Waals surface area contributed by atoms with Crippen LogP contribution in [-0.4, -0.2) is 282 Å². The van der Waals surface area contributed by atoms with Crippen molar-refractivity contribution in [2.75, 3.05) is 0 Å². The molecule has 0 spiro atoms. The summed E-state index contributed by atoms with van der Waals surface area (Å²) in [6.45, 7) is 0. The molecule has 0 radical (unpaired) electrons. The fraction of sp³-hybridized carbons (Fsp3) is 0. The molecule has 13 aromatic rings. The number of hydrogen-bond acceptors (Lipinski definition) is 0. The number of fused-ring (bicyclic) bond motifs is 1. The normalized spacial score (nSPS) is 12.0. The van der Waals surface area contributed by atoms with Gasteiger partial charge in [-0.25, -0.2) is 0 Å². The monoisotopic (exact) mass is 1190 g/mol. The molecule has 0 aliphatic heterocycles. The molecule has 0 aliphatic carbocycles. The Bertz CT molecular complexity index is 5600. The van der Waals surface area contributed by atoms with Crippen LogP contribution in [0.4, 0.5) is 0 Å². The largest absolute Gasteiger partial charge is 0.140 e. The molecule has 0 atom stereocenters. The van der Waals surface area contributed by atoms with Crippen LogP contribution in [0.5, 0.6) is 0 Å². The third-order valence-electron chi connectivity index (χ3n) is 28.1.